The third-order valence-corrected chi connectivity index (χ3v) is 3.78. The highest BCUT2D eigenvalue weighted by molar-refractivity contribution is 5.64. The van der Waals surface area contributed by atoms with Gasteiger partial charge in [0, 0.05) is 32.2 Å². The van der Waals surface area contributed by atoms with Crippen LogP contribution in [0.3, 0.4) is 0 Å². The Kier molecular flexibility index (Phi) is 3.02. The van der Waals surface area contributed by atoms with Crippen LogP contribution in [-0.4, -0.2) is 34.1 Å². The number of rotatable bonds is 3. The van der Waals surface area contributed by atoms with E-state index in [9.17, 15) is 0 Å². The van der Waals surface area contributed by atoms with Gasteiger partial charge in [-0.25, -0.2) is 9.97 Å². The van der Waals surface area contributed by atoms with Crippen LogP contribution in [0.1, 0.15) is 19.8 Å². The van der Waals surface area contributed by atoms with Gasteiger partial charge >= 0.3 is 0 Å². The van der Waals surface area contributed by atoms with Crippen molar-refractivity contribution in [2.24, 2.45) is 5.41 Å². The molecule has 3 rings (SSSR count). The molecule has 19 heavy (non-hydrogen) atoms. The number of fused-ring (bicyclic) bond motifs is 1. The lowest BCUT2D eigenvalue weighted by Gasteiger charge is -2.33. The van der Waals surface area contributed by atoms with Crippen LogP contribution in [-0.2, 0) is 4.74 Å². The fraction of sp³-hybridized carbons (Fsp3) is 0.538. The summed E-state index contributed by atoms with van der Waals surface area (Å²) in [4.78, 5) is 8.65. The highest BCUT2D eigenvalue weighted by Gasteiger charge is 2.27. The number of nitrogen functional groups attached to an aromatic ring is 1. The lowest BCUT2D eigenvalue weighted by molar-refractivity contribution is 0.0300. The lowest BCUT2D eigenvalue weighted by Crippen LogP contribution is -2.33. The third-order valence-electron chi connectivity index (χ3n) is 3.78. The monoisotopic (exact) mass is 261 g/mol. The number of ether oxygens (including phenoxy) is 1. The van der Waals surface area contributed by atoms with E-state index in [-0.39, 0.29) is 5.41 Å². The molecule has 0 bridgehead atoms. The van der Waals surface area contributed by atoms with Crippen molar-refractivity contribution in [2.75, 3.05) is 30.8 Å². The second kappa shape index (κ2) is 4.70. The molecule has 1 saturated heterocycles. The van der Waals surface area contributed by atoms with E-state index in [1.165, 1.54) is 0 Å². The van der Waals surface area contributed by atoms with E-state index in [0.717, 1.165) is 44.1 Å². The van der Waals surface area contributed by atoms with Gasteiger partial charge in [-0.1, -0.05) is 6.92 Å². The highest BCUT2D eigenvalue weighted by atomic mass is 16.5. The minimum atomic E-state index is 0.244. The van der Waals surface area contributed by atoms with E-state index in [2.05, 4.69) is 22.2 Å². The normalized spacial score (nSPS) is 18.6. The number of hydrogen-bond acceptors (Lipinski definition) is 5. The summed E-state index contributed by atoms with van der Waals surface area (Å²) in [6, 6.07) is 0. The fourth-order valence-electron chi connectivity index (χ4n) is 2.41. The Labute approximate surface area is 112 Å². The number of nitrogens with two attached hydrogens (primary N) is 1. The van der Waals surface area contributed by atoms with Crippen LogP contribution in [0.4, 0.5) is 11.6 Å². The summed E-state index contributed by atoms with van der Waals surface area (Å²) in [6.07, 6.45) is 7.51. The van der Waals surface area contributed by atoms with Crippen LogP contribution in [0.5, 0.6) is 0 Å². The molecular formula is C13H19N5O. The van der Waals surface area contributed by atoms with Crippen molar-refractivity contribution in [3.8, 4) is 0 Å². The summed E-state index contributed by atoms with van der Waals surface area (Å²) in [6.45, 7) is 4.80. The minimum Gasteiger partial charge on any atom is -0.382 e. The third kappa shape index (κ3) is 2.49. The minimum absolute atomic E-state index is 0.244. The summed E-state index contributed by atoms with van der Waals surface area (Å²) in [5.74, 6) is 1.24. The molecule has 0 radical (unpaired) electrons. The maximum Gasteiger partial charge on any atom is 0.180 e. The van der Waals surface area contributed by atoms with Gasteiger partial charge in [-0.2, -0.15) is 0 Å². The molecule has 0 unspecified atom stereocenters. The first-order valence-corrected chi connectivity index (χ1v) is 6.57. The van der Waals surface area contributed by atoms with Gasteiger partial charge in [0.2, 0.25) is 0 Å². The standard InChI is InChI=1S/C13H19N5O/c1-13(2-6-19-7-3-13)9-16-11-12-15-4-5-18(12)8-10(14)17-11/h4-5,8H,2-3,6-7,9,14H2,1H3,(H,16,17). The van der Waals surface area contributed by atoms with E-state index in [4.69, 9.17) is 10.5 Å². The molecule has 0 atom stereocenters. The molecular weight excluding hydrogens is 242 g/mol. The zero-order chi connectivity index (χ0) is 13.3. The van der Waals surface area contributed by atoms with Crippen LogP contribution < -0.4 is 11.1 Å². The number of hydrogen-bond donors (Lipinski definition) is 2. The quantitative estimate of drug-likeness (QED) is 0.876. The van der Waals surface area contributed by atoms with Gasteiger partial charge < -0.3 is 20.2 Å². The Bertz CT molecular complexity index is 573. The second-order valence-corrected chi connectivity index (χ2v) is 5.45. The summed E-state index contributed by atoms with van der Waals surface area (Å²) < 4.78 is 7.30. The fourth-order valence-corrected chi connectivity index (χ4v) is 2.41. The largest absolute Gasteiger partial charge is 0.382 e. The van der Waals surface area contributed by atoms with Gasteiger partial charge in [-0.3, -0.25) is 0 Å². The van der Waals surface area contributed by atoms with Crippen molar-refractivity contribution in [2.45, 2.75) is 19.8 Å². The van der Waals surface area contributed by atoms with Crippen LogP contribution in [0, 0.1) is 5.41 Å². The Hall–Kier alpha value is -1.82. The molecule has 1 fully saturated rings. The van der Waals surface area contributed by atoms with Gasteiger partial charge in [0.05, 0.1) is 6.20 Å². The van der Waals surface area contributed by atoms with Crippen molar-refractivity contribution in [3.05, 3.63) is 18.6 Å². The number of nitrogens with one attached hydrogen (secondary N) is 1. The summed E-state index contributed by atoms with van der Waals surface area (Å²) in [5, 5.41) is 3.39. The molecule has 6 nitrogen and oxygen atoms in total. The molecule has 2 aromatic heterocycles. The Balaban J connectivity index is 1.79. The molecule has 3 N–H and O–H groups in total. The Morgan fingerprint density at radius 2 is 2.26 bits per heavy atom. The zero-order valence-corrected chi connectivity index (χ0v) is 11.1. The second-order valence-electron chi connectivity index (χ2n) is 5.45. The van der Waals surface area contributed by atoms with Crippen molar-refractivity contribution in [3.63, 3.8) is 0 Å². The molecule has 0 saturated carbocycles. The summed E-state index contributed by atoms with van der Waals surface area (Å²) in [7, 11) is 0. The number of anilines is 2. The molecule has 102 valence electrons. The Morgan fingerprint density at radius 1 is 1.47 bits per heavy atom. The van der Waals surface area contributed by atoms with Crippen molar-refractivity contribution < 1.29 is 4.74 Å². The molecule has 1 aliphatic heterocycles. The van der Waals surface area contributed by atoms with E-state index in [1.807, 2.05) is 10.6 Å². The van der Waals surface area contributed by atoms with Gasteiger partial charge in [-0.15, -0.1) is 0 Å². The lowest BCUT2D eigenvalue weighted by atomic mass is 9.82. The highest BCUT2D eigenvalue weighted by Crippen LogP contribution is 2.30. The molecule has 1 aliphatic rings. The number of imidazole rings is 1. The zero-order valence-electron chi connectivity index (χ0n) is 11.1. The molecule has 3 heterocycles. The van der Waals surface area contributed by atoms with E-state index < -0.39 is 0 Å². The SMILES string of the molecule is CC1(CNc2nc(N)cn3ccnc23)CCOCC1. The average molecular weight is 261 g/mol. The predicted molar refractivity (Wildman–Crippen MR) is 74.0 cm³/mol. The molecule has 6 heteroatoms. The van der Waals surface area contributed by atoms with Crippen LogP contribution in [0.25, 0.3) is 5.65 Å². The van der Waals surface area contributed by atoms with E-state index >= 15 is 0 Å². The first kappa shape index (κ1) is 12.2. The smallest absolute Gasteiger partial charge is 0.180 e. The van der Waals surface area contributed by atoms with Crippen LogP contribution >= 0.6 is 0 Å². The van der Waals surface area contributed by atoms with E-state index in [0.29, 0.717) is 5.82 Å². The maximum atomic E-state index is 5.81. The van der Waals surface area contributed by atoms with Crippen molar-refractivity contribution >= 4 is 17.3 Å². The topological polar surface area (TPSA) is 77.5 Å². The van der Waals surface area contributed by atoms with Gasteiger partial charge in [0.25, 0.3) is 0 Å². The van der Waals surface area contributed by atoms with Crippen molar-refractivity contribution in [1.29, 1.82) is 0 Å². The first-order chi connectivity index (χ1) is 9.16. The van der Waals surface area contributed by atoms with Crippen LogP contribution in [0.15, 0.2) is 18.6 Å². The van der Waals surface area contributed by atoms with E-state index in [1.54, 1.807) is 12.4 Å². The van der Waals surface area contributed by atoms with Crippen molar-refractivity contribution in [1.82, 2.24) is 14.4 Å². The van der Waals surface area contributed by atoms with Gasteiger partial charge in [0.15, 0.2) is 11.5 Å². The number of aromatic nitrogens is 3. The maximum absolute atomic E-state index is 5.81. The summed E-state index contributed by atoms with van der Waals surface area (Å²) >= 11 is 0. The molecule has 0 amide bonds. The van der Waals surface area contributed by atoms with Crippen LogP contribution in [0.2, 0.25) is 0 Å². The molecule has 0 spiro atoms. The predicted octanol–water partition coefficient (Wildman–Crippen LogP) is 1.54. The molecule has 2 aromatic rings. The van der Waals surface area contributed by atoms with Gasteiger partial charge in [-0.05, 0) is 18.3 Å². The Morgan fingerprint density at radius 3 is 3.05 bits per heavy atom. The molecule has 0 aliphatic carbocycles. The molecule has 0 aromatic carbocycles. The van der Waals surface area contributed by atoms with Gasteiger partial charge in [0.1, 0.15) is 5.82 Å². The average Bonchev–Trinajstić information content (AvgIpc) is 2.85. The summed E-state index contributed by atoms with van der Waals surface area (Å²) in [5.41, 5.74) is 6.86. The number of nitrogens with zero attached hydrogens (tertiary/aromatic N) is 3. The first-order valence-electron chi connectivity index (χ1n) is 6.57.